The van der Waals surface area contributed by atoms with Crippen LogP contribution in [0.2, 0.25) is 0 Å². The first-order valence-electron chi connectivity index (χ1n) is 13.7. The van der Waals surface area contributed by atoms with E-state index in [1.165, 1.54) is 38.5 Å². The molecule has 2 aliphatic rings. The first kappa shape index (κ1) is 20.6. The lowest BCUT2D eigenvalue weighted by Crippen LogP contribution is -2.51. The van der Waals surface area contributed by atoms with Gasteiger partial charge in [0.1, 0.15) is 11.2 Å². The van der Waals surface area contributed by atoms with Crippen LogP contribution in [-0.2, 0) is 0 Å². The Hall–Kier alpha value is -5.29. The summed E-state index contributed by atoms with van der Waals surface area (Å²) < 4.78 is 8.90. The number of furan rings is 1. The molecule has 0 bridgehead atoms. The number of anilines is 2. The van der Waals surface area contributed by atoms with E-state index in [4.69, 9.17) is 9.40 Å². The highest BCUT2D eigenvalue weighted by Gasteiger charge is 2.45. The van der Waals surface area contributed by atoms with Crippen molar-refractivity contribution < 1.29 is 4.42 Å². The smallest absolute Gasteiger partial charge is 0.421 e. The van der Waals surface area contributed by atoms with Gasteiger partial charge in [-0.3, -0.25) is 0 Å². The van der Waals surface area contributed by atoms with E-state index in [-0.39, 0.29) is 6.98 Å². The van der Waals surface area contributed by atoms with E-state index in [0.29, 0.717) is 0 Å². The first-order chi connectivity index (χ1) is 19.9. The van der Waals surface area contributed by atoms with Crippen LogP contribution in [0, 0.1) is 0 Å². The van der Waals surface area contributed by atoms with Gasteiger partial charge in [0.2, 0.25) is 0 Å². The summed E-state index contributed by atoms with van der Waals surface area (Å²) in [4.78, 5) is 7.85. The molecule has 0 unspecified atom stereocenters. The van der Waals surface area contributed by atoms with E-state index in [9.17, 15) is 0 Å². The van der Waals surface area contributed by atoms with Crippen molar-refractivity contribution in [3.63, 3.8) is 0 Å². The van der Waals surface area contributed by atoms with Gasteiger partial charge in [-0.2, -0.15) is 0 Å². The zero-order valence-electron chi connectivity index (χ0n) is 21.4. The van der Waals surface area contributed by atoms with Crippen LogP contribution in [0.25, 0.3) is 66.3 Å². The first-order valence-corrected chi connectivity index (χ1v) is 13.7. The molecule has 0 fully saturated rings. The highest BCUT2D eigenvalue weighted by Crippen LogP contribution is 2.49. The van der Waals surface area contributed by atoms with Crippen LogP contribution in [0.5, 0.6) is 0 Å². The second-order valence-corrected chi connectivity index (χ2v) is 10.7. The SMILES string of the molecule is c1ccc2c(c1)B1N(c3ccc(-c4cccc5c4oc4ccccc45)nc3-2)c2cccc3c4ccccc4n1c23. The van der Waals surface area contributed by atoms with Gasteiger partial charge in [0.15, 0.2) is 0 Å². The fourth-order valence-corrected chi connectivity index (χ4v) is 7.15. The Bertz CT molecular complexity index is 2370. The minimum Gasteiger partial charge on any atom is -0.455 e. The molecule has 4 nitrogen and oxygen atoms in total. The van der Waals surface area contributed by atoms with Crippen LogP contribution in [-0.4, -0.2) is 16.4 Å². The minimum absolute atomic E-state index is 0.0370. The second kappa shape index (κ2) is 7.22. The van der Waals surface area contributed by atoms with Gasteiger partial charge in [-0.25, -0.2) is 4.98 Å². The largest absolute Gasteiger partial charge is 0.455 e. The molecular weight excluding hydrogens is 489 g/mol. The fraction of sp³-hybridized carbons (Fsp3) is 0. The summed E-state index contributed by atoms with van der Waals surface area (Å²) in [7, 11) is 0. The summed E-state index contributed by atoms with van der Waals surface area (Å²) in [6.07, 6.45) is 0. The zero-order chi connectivity index (χ0) is 25.9. The van der Waals surface area contributed by atoms with Crippen LogP contribution in [0.15, 0.2) is 126 Å². The molecule has 10 rings (SSSR count). The van der Waals surface area contributed by atoms with E-state index >= 15 is 0 Å². The Morgan fingerprint density at radius 3 is 2.30 bits per heavy atom. The van der Waals surface area contributed by atoms with Gasteiger partial charge in [-0.15, -0.1) is 0 Å². The summed E-state index contributed by atoms with van der Waals surface area (Å²) in [6.45, 7) is 0.0370. The monoisotopic (exact) mass is 509 g/mol. The lowest BCUT2D eigenvalue weighted by Gasteiger charge is -2.34. The average Bonchev–Trinajstić information content (AvgIpc) is 3.68. The summed E-state index contributed by atoms with van der Waals surface area (Å²) in [5.74, 6) is 0. The molecule has 0 N–H and O–H groups in total. The van der Waals surface area contributed by atoms with Gasteiger partial charge >= 0.3 is 6.98 Å². The molecule has 0 atom stereocenters. The maximum Gasteiger partial charge on any atom is 0.421 e. The molecular formula is C35H20BN3O. The molecule has 40 heavy (non-hydrogen) atoms. The predicted molar refractivity (Wildman–Crippen MR) is 165 cm³/mol. The van der Waals surface area contributed by atoms with Crippen LogP contribution in [0.1, 0.15) is 0 Å². The number of pyridine rings is 1. The molecule has 2 aliphatic heterocycles. The Morgan fingerprint density at radius 1 is 0.575 bits per heavy atom. The lowest BCUT2D eigenvalue weighted by molar-refractivity contribution is 0.670. The molecule has 5 heterocycles. The van der Waals surface area contributed by atoms with Crippen molar-refractivity contribution >= 4 is 67.6 Å². The van der Waals surface area contributed by atoms with Gasteiger partial charge in [0, 0.05) is 38.2 Å². The maximum absolute atomic E-state index is 6.38. The number of hydrogen-bond acceptors (Lipinski definition) is 3. The Kier molecular flexibility index (Phi) is 3.73. The molecule has 0 spiro atoms. The normalized spacial score (nSPS) is 13.4. The third-order valence-electron chi connectivity index (χ3n) is 8.77. The number of hydrogen-bond donors (Lipinski definition) is 0. The van der Waals surface area contributed by atoms with E-state index in [1.807, 2.05) is 12.1 Å². The molecule has 0 aliphatic carbocycles. The van der Waals surface area contributed by atoms with Crippen LogP contribution in [0.3, 0.4) is 0 Å². The van der Waals surface area contributed by atoms with E-state index in [0.717, 1.165) is 44.6 Å². The van der Waals surface area contributed by atoms with Crippen molar-refractivity contribution in [2.75, 3.05) is 4.81 Å². The molecule has 0 radical (unpaired) electrons. The van der Waals surface area contributed by atoms with Crippen molar-refractivity contribution in [1.82, 2.24) is 9.46 Å². The van der Waals surface area contributed by atoms with Crippen LogP contribution < -0.4 is 10.3 Å². The van der Waals surface area contributed by atoms with Crippen LogP contribution >= 0.6 is 0 Å². The van der Waals surface area contributed by atoms with Gasteiger partial charge in [0.25, 0.3) is 0 Å². The molecule has 5 aromatic carbocycles. The van der Waals surface area contributed by atoms with Gasteiger partial charge in [-0.1, -0.05) is 84.9 Å². The standard InChI is InChI=1S/C35H20BN3O/c1-4-15-27-25(11-1)33-30(38-31-17-8-12-23-21-9-2-5-16-29(21)39(34(23)31)36(27)38)20-19-28(37-33)26-14-7-13-24-22-10-3-6-18-32(22)40-35(24)26/h1-20H. The molecule has 3 aromatic heterocycles. The van der Waals surface area contributed by atoms with Crippen LogP contribution in [0.4, 0.5) is 11.4 Å². The third-order valence-corrected chi connectivity index (χ3v) is 8.77. The fourth-order valence-electron chi connectivity index (χ4n) is 7.15. The van der Waals surface area contributed by atoms with Crippen molar-refractivity contribution in [1.29, 1.82) is 0 Å². The Balaban J connectivity index is 1.26. The number of nitrogens with zero attached hydrogens (tertiary/aromatic N) is 3. The molecule has 0 saturated heterocycles. The molecule has 0 saturated carbocycles. The molecule has 0 amide bonds. The van der Waals surface area contributed by atoms with E-state index in [2.05, 4.69) is 118 Å². The highest BCUT2D eigenvalue weighted by atomic mass is 16.3. The quantitative estimate of drug-likeness (QED) is 0.210. The average molecular weight is 509 g/mol. The number of benzene rings is 5. The summed E-state index contributed by atoms with van der Waals surface area (Å²) in [6, 6.07) is 43.2. The maximum atomic E-state index is 6.38. The summed E-state index contributed by atoms with van der Waals surface area (Å²) in [5.41, 5.74) is 12.1. The molecule has 8 aromatic rings. The van der Waals surface area contributed by atoms with Gasteiger partial charge < -0.3 is 13.7 Å². The minimum atomic E-state index is 0.0370. The number of rotatable bonds is 1. The lowest BCUT2D eigenvalue weighted by atomic mass is 9.61. The Morgan fingerprint density at radius 2 is 1.32 bits per heavy atom. The highest BCUT2D eigenvalue weighted by molar-refractivity contribution is 6.82. The van der Waals surface area contributed by atoms with E-state index in [1.54, 1.807) is 0 Å². The molecule has 5 heteroatoms. The van der Waals surface area contributed by atoms with Gasteiger partial charge in [-0.05, 0) is 41.9 Å². The second-order valence-electron chi connectivity index (χ2n) is 10.7. The number of aromatic nitrogens is 2. The number of para-hydroxylation sites is 4. The Labute approximate surface area is 229 Å². The van der Waals surface area contributed by atoms with Crippen molar-refractivity contribution in [3.05, 3.63) is 121 Å². The third kappa shape index (κ3) is 2.42. The predicted octanol–water partition coefficient (Wildman–Crippen LogP) is 8.13. The zero-order valence-corrected chi connectivity index (χ0v) is 21.4. The summed E-state index contributed by atoms with van der Waals surface area (Å²) in [5, 5.41) is 4.84. The molecule has 184 valence electrons. The van der Waals surface area contributed by atoms with Crippen molar-refractivity contribution in [2.45, 2.75) is 0 Å². The summed E-state index contributed by atoms with van der Waals surface area (Å²) >= 11 is 0. The van der Waals surface area contributed by atoms with Gasteiger partial charge in [0.05, 0.1) is 28.3 Å². The van der Waals surface area contributed by atoms with Crippen molar-refractivity contribution in [3.8, 4) is 22.5 Å². The number of fused-ring (bicyclic) bond motifs is 14. The van der Waals surface area contributed by atoms with Crippen molar-refractivity contribution in [2.24, 2.45) is 0 Å². The topological polar surface area (TPSA) is 34.2 Å². The van der Waals surface area contributed by atoms with E-state index < -0.39 is 0 Å².